The molecule has 1 aromatic heterocycles. The number of methoxy groups -OCH3 is 1. The van der Waals surface area contributed by atoms with Gasteiger partial charge in [-0.15, -0.1) is 0 Å². The van der Waals surface area contributed by atoms with Crippen LogP contribution in [0, 0.1) is 13.8 Å². The Bertz CT molecular complexity index is 1000. The van der Waals surface area contributed by atoms with Crippen molar-refractivity contribution in [2.45, 2.75) is 40.2 Å². The Hall–Kier alpha value is -2.80. The number of imide groups is 1. The third kappa shape index (κ3) is 3.87. The second kappa shape index (κ2) is 8.29. The minimum absolute atomic E-state index is 0.298. The highest BCUT2D eigenvalue weighted by Crippen LogP contribution is 2.35. The normalized spacial score (nSPS) is 16.6. The number of hydrogen-bond acceptors (Lipinski definition) is 5. The topological polar surface area (TPSA) is 68.6 Å². The van der Waals surface area contributed by atoms with Crippen molar-refractivity contribution < 1.29 is 19.1 Å². The average molecular weight is 413 g/mol. The SMILES string of the molecule is CCc1ccc(-n2c(C)cc(C=C3SC(=O)N(C(C)C(=O)OC)C3=O)c2C)cc1. The zero-order chi connectivity index (χ0) is 21.3. The van der Waals surface area contributed by atoms with Crippen LogP contribution in [0.4, 0.5) is 4.79 Å². The van der Waals surface area contributed by atoms with Crippen molar-refractivity contribution in [3.63, 3.8) is 0 Å². The molecular formula is C22H24N2O4S. The summed E-state index contributed by atoms with van der Waals surface area (Å²) in [6.45, 7) is 7.58. The van der Waals surface area contributed by atoms with E-state index in [9.17, 15) is 14.4 Å². The molecule has 0 aliphatic carbocycles. The fraction of sp³-hybridized carbons (Fsp3) is 0.318. The van der Waals surface area contributed by atoms with Crippen LogP contribution in [0.3, 0.4) is 0 Å². The molecule has 1 atom stereocenters. The van der Waals surface area contributed by atoms with Gasteiger partial charge >= 0.3 is 5.97 Å². The van der Waals surface area contributed by atoms with Crippen LogP contribution in [0.15, 0.2) is 35.2 Å². The Morgan fingerprint density at radius 2 is 1.86 bits per heavy atom. The first-order valence-corrected chi connectivity index (χ1v) is 10.2. The van der Waals surface area contributed by atoms with Gasteiger partial charge in [-0.3, -0.25) is 14.5 Å². The fourth-order valence-corrected chi connectivity index (χ4v) is 4.34. The molecule has 1 aliphatic heterocycles. The molecule has 3 rings (SSSR count). The third-order valence-electron chi connectivity index (χ3n) is 5.11. The maximum absolute atomic E-state index is 12.7. The average Bonchev–Trinajstić information content (AvgIpc) is 3.15. The highest BCUT2D eigenvalue weighted by Gasteiger charge is 2.41. The van der Waals surface area contributed by atoms with E-state index in [0.29, 0.717) is 4.91 Å². The number of carbonyl (C=O) groups is 3. The Kier molecular flexibility index (Phi) is 5.98. The van der Waals surface area contributed by atoms with Gasteiger partial charge in [0.1, 0.15) is 6.04 Å². The van der Waals surface area contributed by atoms with Crippen LogP contribution in [0.5, 0.6) is 0 Å². The highest BCUT2D eigenvalue weighted by atomic mass is 32.2. The molecule has 2 amide bonds. The Morgan fingerprint density at radius 1 is 1.21 bits per heavy atom. The number of carbonyl (C=O) groups excluding carboxylic acids is 3. The van der Waals surface area contributed by atoms with Crippen LogP contribution in [0.25, 0.3) is 11.8 Å². The van der Waals surface area contributed by atoms with Crippen molar-refractivity contribution >= 4 is 35.0 Å². The lowest BCUT2D eigenvalue weighted by Crippen LogP contribution is -2.42. The van der Waals surface area contributed by atoms with Crippen molar-refractivity contribution in [2.24, 2.45) is 0 Å². The first kappa shape index (κ1) is 20.9. The van der Waals surface area contributed by atoms with Crippen LogP contribution in [0.1, 0.15) is 36.4 Å². The number of aromatic nitrogens is 1. The van der Waals surface area contributed by atoms with Crippen molar-refractivity contribution in [3.8, 4) is 5.69 Å². The van der Waals surface area contributed by atoms with Gasteiger partial charge in [0.25, 0.3) is 11.1 Å². The maximum atomic E-state index is 12.7. The van der Waals surface area contributed by atoms with Crippen molar-refractivity contribution in [1.29, 1.82) is 0 Å². The second-order valence-corrected chi connectivity index (χ2v) is 7.93. The number of nitrogens with zero attached hydrogens (tertiary/aromatic N) is 2. The highest BCUT2D eigenvalue weighted by molar-refractivity contribution is 8.18. The number of rotatable bonds is 5. The molecule has 29 heavy (non-hydrogen) atoms. The number of aryl methyl sites for hydroxylation is 2. The zero-order valence-corrected chi connectivity index (χ0v) is 18.0. The molecule has 0 saturated carbocycles. The van der Waals surface area contributed by atoms with Gasteiger partial charge in [-0.2, -0.15) is 0 Å². The molecule has 1 aromatic carbocycles. The lowest BCUT2D eigenvalue weighted by atomic mass is 10.1. The number of amides is 2. The number of ether oxygens (including phenoxy) is 1. The van der Waals surface area contributed by atoms with Crippen LogP contribution in [0.2, 0.25) is 0 Å². The van der Waals surface area contributed by atoms with Crippen LogP contribution in [-0.2, 0) is 20.7 Å². The number of benzene rings is 1. The number of thioether (sulfide) groups is 1. The molecule has 0 radical (unpaired) electrons. The lowest BCUT2D eigenvalue weighted by Gasteiger charge is -2.18. The molecule has 1 fully saturated rings. The predicted molar refractivity (Wildman–Crippen MR) is 114 cm³/mol. The summed E-state index contributed by atoms with van der Waals surface area (Å²) in [5.74, 6) is -1.10. The van der Waals surface area contributed by atoms with Crippen LogP contribution >= 0.6 is 11.8 Å². The molecule has 1 aliphatic rings. The van der Waals surface area contributed by atoms with E-state index in [-0.39, 0.29) is 0 Å². The summed E-state index contributed by atoms with van der Waals surface area (Å²) in [5.41, 5.74) is 5.17. The molecule has 6 nitrogen and oxygen atoms in total. The van der Waals surface area contributed by atoms with E-state index >= 15 is 0 Å². The first-order valence-electron chi connectivity index (χ1n) is 9.41. The van der Waals surface area contributed by atoms with Crippen molar-refractivity contribution in [3.05, 3.63) is 57.8 Å². The Morgan fingerprint density at radius 3 is 2.45 bits per heavy atom. The van der Waals surface area contributed by atoms with E-state index < -0.39 is 23.2 Å². The first-order chi connectivity index (χ1) is 13.8. The van der Waals surface area contributed by atoms with E-state index in [1.807, 2.05) is 19.9 Å². The van der Waals surface area contributed by atoms with Gasteiger partial charge in [-0.25, -0.2) is 4.79 Å². The molecule has 0 bridgehead atoms. The van der Waals surface area contributed by atoms with E-state index in [0.717, 1.165) is 45.7 Å². The predicted octanol–water partition coefficient (Wildman–Crippen LogP) is 4.25. The zero-order valence-electron chi connectivity index (χ0n) is 17.2. The Balaban J connectivity index is 1.94. The van der Waals surface area contributed by atoms with Crippen molar-refractivity contribution in [1.82, 2.24) is 9.47 Å². The van der Waals surface area contributed by atoms with Gasteiger partial charge in [-0.1, -0.05) is 19.1 Å². The van der Waals surface area contributed by atoms with E-state index in [2.05, 4.69) is 40.5 Å². The summed E-state index contributed by atoms with van der Waals surface area (Å²) in [5, 5.41) is -0.469. The fourth-order valence-electron chi connectivity index (χ4n) is 3.44. The van der Waals surface area contributed by atoms with E-state index in [4.69, 9.17) is 0 Å². The standard InChI is InChI=1S/C22H24N2O4S/c1-6-16-7-9-18(10-8-16)23-13(2)11-17(14(23)3)12-19-20(25)24(22(27)29-19)15(4)21(26)28-5/h7-12,15H,6H2,1-5H3. The molecule has 1 unspecified atom stereocenters. The van der Waals surface area contributed by atoms with Gasteiger partial charge in [0.05, 0.1) is 12.0 Å². The monoisotopic (exact) mass is 412 g/mol. The minimum atomic E-state index is -0.956. The third-order valence-corrected chi connectivity index (χ3v) is 6.00. The molecule has 1 saturated heterocycles. The molecule has 2 aromatic rings. The number of hydrogen-bond donors (Lipinski definition) is 0. The Labute approximate surface area is 174 Å². The number of esters is 1. The largest absolute Gasteiger partial charge is 0.467 e. The quantitative estimate of drug-likeness (QED) is 0.542. The molecule has 0 spiro atoms. The molecule has 0 N–H and O–H groups in total. The molecule has 2 heterocycles. The van der Waals surface area contributed by atoms with Gasteiger partial charge in [0.15, 0.2) is 0 Å². The van der Waals surface area contributed by atoms with Gasteiger partial charge in [-0.05, 0) is 74.4 Å². The second-order valence-electron chi connectivity index (χ2n) is 6.93. The maximum Gasteiger partial charge on any atom is 0.328 e. The van der Waals surface area contributed by atoms with Gasteiger partial charge in [0, 0.05) is 17.1 Å². The lowest BCUT2D eigenvalue weighted by molar-refractivity contribution is -0.148. The molecular weight excluding hydrogens is 388 g/mol. The summed E-state index contributed by atoms with van der Waals surface area (Å²) in [6, 6.07) is 9.40. The summed E-state index contributed by atoms with van der Waals surface area (Å²) in [6.07, 6.45) is 2.70. The van der Waals surface area contributed by atoms with Crippen LogP contribution in [-0.4, -0.2) is 39.7 Å². The minimum Gasteiger partial charge on any atom is -0.467 e. The molecule has 7 heteroatoms. The summed E-state index contributed by atoms with van der Waals surface area (Å²) in [7, 11) is 1.23. The van der Waals surface area contributed by atoms with Crippen LogP contribution < -0.4 is 0 Å². The summed E-state index contributed by atoms with van der Waals surface area (Å²) < 4.78 is 6.78. The molecule has 152 valence electrons. The van der Waals surface area contributed by atoms with Crippen molar-refractivity contribution in [2.75, 3.05) is 7.11 Å². The van der Waals surface area contributed by atoms with E-state index in [1.54, 1.807) is 6.08 Å². The van der Waals surface area contributed by atoms with E-state index in [1.165, 1.54) is 19.6 Å². The van der Waals surface area contributed by atoms with Gasteiger partial charge in [0.2, 0.25) is 0 Å². The van der Waals surface area contributed by atoms with Gasteiger partial charge < -0.3 is 9.30 Å². The summed E-state index contributed by atoms with van der Waals surface area (Å²) in [4.78, 5) is 38.0. The smallest absolute Gasteiger partial charge is 0.328 e. The summed E-state index contributed by atoms with van der Waals surface area (Å²) >= 11 is 0.839.